The quantitative estimate of drug-likeness (QED) is 0.361. The van der Waals surface area contributed by atoms with Crippen molar-refractivity contribution in [3.8, 4) is 0 Å². The Bertz CT molecular complexity index is 693. The van der Waals surface area contributed by atoms with Crippen molar-refractivity contribution < 1.29 is 46.4 Å². The fourth-order valence-electron chi connectivity index (χ4n) is 2.76. The molecule has 0 saturated heterocycles. The minimum absolute atomic E-state index is 0. The number of hydrogen-bond acceptors (Lipinski definition) is 0. The summed E-state index contributed by atoms with van der Waals surface area (Å²) in [5, 5.41) is 0. The van der Waals surface area contributed by atoms with Gasteiger partial charge in [-0.05, 0) is 0 Å². The van der Waals surface area contributed by atoms with Crippen molar-refractivity contribution in [1.82, 2.24) is 0 Å². The maximum absolute atomic E-state index is 3.39. The van der Waals surface area contributed by atoms with E-state index >= 15 is 0 Å². The number of halogens is 2. The molecular formula is C23H30Cl2GeZr-2. The summed E-state index contributed by atoms with van der Waals surface area (Å²) < 4.78 is 0. The van der Waals surface area contributed by atoms with Crippen LogP contribution < -0.4 is 24.8 Å². The van der Waals surface area contributed by atoms with E-state index in [2.05, 4.69) is 94.7 Å². The molecule has 0 saturated carbocycles. The van der Waals surface area contributed by atoms with Crippen LogP contribution in [0.3, 0.4) is 0 Å². The first-order chi connectivity index (χ1) is 11.7. The zero-order valence-corrected chi connectivity index (χ0v) is 23.5. The predicted molar refractivity (Wildman–Crippen MR) is 109 cm³/mol. The van der Waals surface area contributed by atoms with E-state index in [9.17, 15) is 0 Å². The SMILES string of the molecule is CC1=[C-]C(C)C=C1C.CC1=[C-]C(C)C=C1c1ccccc1.[CH3][Ge]([CH3])=[Zr+2].[Cl-].[Cl-]. The van der Waals surface area contributed by atoms with Crippen LogP contribution in [-0.2, 0) is 21.6 Å². The summed E-state index contributed by atoms with van der Waals surface area (Å²) in [6.07, 6.45) is 11.2. The fraction of sp³-hybridized carbons (Fsp3) is 0.391. The van der Waals surface area contributed by atoms with Gasteiger partial charge in [0.1, 0.15) is 0 Å². The van der Waals surface area contributed by atoms with Gasteiger partial charge in [-0.2, -0.15) is 17.7 Å². The Morgan fingerprint density at radius 1 is 0.815 bits per heavy atom. The Balaban J connectivity index is 0. The first-order valence-electron chi connectivity index (χ1n) is 8.89. The minimum Gasteiger partial charge on any atom is -1.00 e. The maximum atomic E-state index is 3.39. The molecule has 2 unspecified atom stereocenters. The third kappa shape index (κ3) is 11.7. The maximum Gasteiger partial charge on any atom is -1.00 e. The van der Waals surface area contributed by atoms with Crippen LogP contribution in [0.2, 0.25) is 11.5 Å². The smallest absolute Gasteiger partial charge is 1.00 e. The summed E-state index contributed by atoms with van der Waals surface area (Å²) in [6.45, 7) is 10.7. The monoisotopic (exact) mass is 540 g/mol. The zero-order valence-electron chi connectivity index (χ0n) is 17.5. The van der Waals surface area contributed by atoms with E-state index in [1.165, 1.54) is 27.9 Å². The molecule has 0 heterocycles. The van der Waals surface area contributed by atoms with Gasteiger partial charge in [0.2, 0.25) is 0 Å². The summed E-state index contributed by atoms with van der Waals surface area (Å²) >= 11 is 1.80. The number of allylic oxidation sites excluding steroid dienone is 8. The first-order valence-corrected chi connectivity index (χ1v) is 20.5. The van der Waals surface area contributed by atoms with Crippen molar-refractivity contribution in [3.05, 3.63) is 76.9 Å². The molecule has 1 aromatic carbocycles. The van der Waals surface area contributed by atoms with E-state index in [0.717, 1.165) is 0 Å². The summed E-state index contributed by atoms with van der Waals surface area (Å²) in [6, 6.07) is 10.5. The van der Waals surface area contributed by atoms with E-state index in [-0.39, 0.29) is 34.8 Å². The molecule has 0 aromatic heterocycles. The Kier molecular flexibility index (Phi) is 16.4. The van der Waals surface area contributed by atoms with Gasteiger partial charge in [-0.3, -0.25) is 12.2 Å². The van der Waals surface area contributed by atoms with Crippen LogP contribution in [0.4, 0.5) is 0 Å². The number of rotatable bonds is 1. The number of hydrogen-bond donors (Lipinski definition) is 0. The second-order valence-electron chi connectivity index (χ2n) is 6.91. The molecule has 0 amide bonds. The van der Waals surface area contributed by atoms with Crippen molar-refractivity contribution in [2.75, 3.05) is 0 Å². The van der Waals surface area contributed by atoms with Gasteiger partial charge in [0.05, 0.1) is 0 Å². The molecule has 0 radical (unpaired) electrons. The van der Waals surface area contributed by atoms with E-state index in [4.69, 9.17) is 0 Å². The molecule has 1 aromatic rings. The van der Waals surface area contributed by atoms with E-state index in [1.54, 1.807) is 21.6 Å². The average Bonchev–Trinajstić information content (AvgIpc) is 3.00. The van der Waals surface area contributed by atoms with Crippen molar-refractivity contribution in [1.29, 1.82) is 0 Å². The molecule has 2 aliphatic rings. The molecule has 0 spiro atoms. The van der Waals surface area contributed by atoms with Crippen LogP contribution >= 0.6 is 0 Å². The summed E-state index contributed by atoms with van der Waals surface area (Å²) in [4.78, 5) is 0. The molecule has 0 aliphatic heterocycles. The second-order valence-corrected chi connectivity index (χ2v) is 23.9. The molecule has 2 atom stereocenters. The second kappa shape index (κ2) is 15.1. The standard InChI is InChI=1S/C13H13.C8H11.C2H6Ge.2ClH.Zr/c1-10-8-11(2)13(9-10)12-6-4-3-5-7-12;1-6-4-7(2)8(3)5-6;1-3-2;;;/h3-7,9-10H,1-2H3;4,6H,1-3H3;1-2H3;2*1H;/q2*-1;;;;+2/p-2. The predicted octanol–water partition coefficient (Wildman–Crippen LogP) is 0.593. The minimum atomic E-state index is -0.243. The summed E-state index contributed by atoms with van der Waals surface area (Å²) in [7, 11) is -0.243. The normalized spacial score (nSPS) is 19.4. The topological polar surface area (TPSA) is 0 Å². The van der Waals surface area contributed by atoms with Crippen LogP contribution in [0.15, 0.2) is 59.2 Å². The Morgan fingerprint density at radius 2 is 1.26 bits per heavy atom. The van der Waals surface area contributed by atoms with Crippen molar-refractivity contribution in [3.63, 3.8) is 0 Å². The van der Waals surface area contributed by atoms with Gasteiger partial charge in [0.25, 0.3) is 0 Å². The molecule has 0 nitrogen and oxygen atoms in total. The molecule has 0 fully saturated rings. The van der Waals surface area contributed by atoms with Crippen LogP contribution in [-0.4, -0.2) is 9.98 Å². The van der Waals surface area contributed by atoms with E-state index < -0.39 is 0 Å². The van der Waals surface area contributed by atoms with Crippen molar-refractivity contribution >= 4 is 15.5 Å². The summed E-state index contributed by atoms with van der Waals surface area (Å²) in [5.41, 5.74) is 6.62. The molecule has 146 valence electrons. The van der Waals surface area contributed by atoms with Crippen LogP contribution in [0, 0.1) is 24.0 Å². The largest absolute Gasteiger partial charge is 1.00 e. The fourth-order valence-corrected chi connectivity index (χ4v) is 2.76. The first kappa shape index (κ1) is 29.4. The van der Waals surface area contributed by atoms with Gasteiger partial charge in [-0.25, -0.2) is 16.7 Å². The van der Waals surface area contributed by atoms with Crippen LogP contribution in [0.5, 0.6) is 0 Å². The third-order valence-electron chi connectivity index (χ3n) is 3.89. The van der Waals surface area contributed by atoms with Gasteiger partial charge in [0, 0.05) is 0 Å². The summed E-state index contributed by atoms with van der Waals surface area (Å²) in [5.74, 6) is 5.77. The molecule has 0 bridgehead atoms. The molecule has 4 heteroatoms. The third-order valence-corrected chi connectivity index (χ3v) is 3.89. The van der Waals surface area contributed by atoms with E-state index in [0.29, 0.717) is 11.8 Å². The van der Waals surface area contributed by atoms with Gasteiger partial charge < -0.3 is 24.8 Å². The van der Waals surface area contributed by atoms with E-state index in [1.807, 2.05) is 6.07 Å². The number of benzene rings is 1. The Labute approximate surface area is 195 Å². The molecule has 27 heavy (non-hydrogen) atoms. The van der Waals surface area contributed by atoms with Gasteiger partial charge in [0.15, 0.2) is 0 Å². The molecule has 3 rings (SSSR count). The molecule has 2 aliphatic carbocycles. The Hall–Kier alpha value is 0.186. The van der Waals surface area contributed by atoms with Crippen molar-refractivity contribution in [2.45, 2.75) is 46.1 Å². The van der Waals surface area contributed by atoms with Gasteiger partial charge in [-0.15, -0.1) is 12.5 Å². The average molecular weight is 541 g/mol. The Morgan fingerprint density at radius 3 is 1.56 bits per heavy atom. The van der Waals surface area contributed by atoms with Crippen LogP contribution in [0.1, 0.15) is 40.2 Å². The molecular weight excluding hydrogens is 511 g/mol. The zero-order chi connectivity index (χ0) is 19.0. The van der Waals surface area contributed by atoms with Gasteiger partial charge >= 0.3 is 43.1 Å². The molecule has 0 N–H and O–H groups in total. The van der Waals surface area contributed by atoms with Crippen molar-refractivity contribution in [2.24, 2.45) is 11.8 Å². The van der Waals surface area contributed by atoms with Crippen LogP contribution in [0.25, 0.3) is 5.57 Å². The van der Waals surface area contributed by atoms with Gasteiger partial charge in [-0.1, -0.05) is 69.9 Å².